The van der Waals surface area contributed by atoms with Crippen molar-refractivity contribution in [3.63, 3.8) is 0 Å². The normalized spacial score (nSPS) is 11.8. The standard InChI is InChI=1S/C63H40O2/c1-2-9-40(10-3-1)49-13-8-14-50(37-49)41-17-23-46(24-18-41)61(47-25-19-42(20-26-47)51-29-33-55-59(38-51)64-57-35-31-44-11-4-6-15-53(44)62(55)57)48-27-21-43(22-28-48)52-30-34-56-60(39-52)65-58-36-32-45-12-5-7-16-54(45)63(56)58/h1-39,61H. The summed E-state index contributed by atoms with van der Waals surface area (Å²) in [5.41, 5.74) is 16.7. The quantitative estimate of drug-likeness (QED) is 0.150. The summed E-state index contributed by atoms with van der Waals surface area (Å²) in [6.07, 6.45) is 0. The Kier molecular flexibility index (Phi) is 8.63. The largest absolute Gasteiger partial charge is 0.456 e. The number of rotatable bonds is 7. The molecule has 0 saturated carbocycles. The van der Waals surface area contributed by atoms with Crippen LogP contribution < -0.4 is 0 Å². The minimum absolute atomic E-state index is 0.0140. The van der Waals surface area contributed by atoms with Crippen molar-refractivity contribution in [2.45, 2.75) is 5.92 Å². The average molecular weight is 829 g/mol. The third-order valence-electron chi connectivity index (χ3n) is 13.4. The molecule has 0 aliphatic rings. The van der Waals surface area contributed by atoms with Crippen LogP contribution in [0.4, 0.5) is 0 Å². The van der Waals surface area contributed by atoms with Crippen LogP contribution in [-0.2, 0) is 0 Å². The van der Waals surface area contributed by atoms with Crippen LogP contribution in [0.1, 0.15) is 22.6 Å². The second kappa shape index (κ2) is 15.1. The molecule has 11 aromatic carbocycles. The molecule has 304 valence electrons. The fraction of sp³-hybridized carbons (Fsp3) is 0.0159. The first kappa shape index (κ1) is 37.1. The minimum Gasteiger partial charge on any atom is -0.456 e. The maximum Gasteiger partial charge on any atom is 0.136 e. The van der Waals surface area contributed by atoms with Crippen molar-refractivity contribution in [2.24, 2.45) is 0 Å². The van der Waals surface area contributed by atoms with Crippen LogP contribution in [-0.4, -0.2) is 0 Å². The van der Waals surface area contributed by atoms with Gasteiger partial charge in [0.1, 0.15) is 22.3 Å². The molecular formula is C63H40O2. The predicted molar refractivity (Wildman–Crippen MR) is 272 cm³/mol. The Morgan fingerprint density at radius 1 is 0.231 bits per heavy atom. The lowest BCUT2D eigenvalue weighted by molar-refractivity contribution is 0.669. The van der Waals surface area contributed by atoms with Gasteiger partial charge in [-0.25, -0.2) is 0 Å². The van der Waals surface area contributed by atoms with Gasteiger partial charge in [0.05, 0.1) is 0 Å². The molecule has 2 heterocycles. The van der Waals surface area contributed by atoms with Gasteiger partial charge in [0.15, 0.2) is 0 Å². The monoisotopic (exact) mass is 828 g/mol. The zero-order chi connectivity index (χ0) is 42.8. The first-order chi connectivity index (χ1) is 32.2. The third kappa shape index (κ3) is 6.41. The molecule has 0 saturated heterocycles. The molecule has 0 spiro atoms. The molecule has 0 radical (unpaired) electrons. The van der Waals surface area contributed by atoms with E-state index in [1.54, 1.807) is 0 Å². The Hall–Kier alpha value is -8.46. The zero-order valence-corrected chi connectivity index (χ0v) is 35.4. The minimum atomic E-state index is 0.0140. The summed E-state index contributed by atoms with van der Waals surface area (Å²) in [6, 6.07) is 85.5. The molecule has 65 heavy (non-hydrogen) atoms. The van der Waals surface area contributed by atoms with E-state index in [9.17, 15) is 0 Å². The lowest BCUT2D eigenvalue weighted by Crippen LogP contribution is -2.03. The number of fused-ring (bicyclic) bond motifs is 10. The van der Waals surface area contributed by atoms with E-state index in [1.807, 2.05) is 0 Å². The van der Waals surface area contributed by atoms with E-state index in [-0.39, 0.29) is 5.92 Å². The van der Waals surface area contributed by atoms with Crippen LogP contribution in [0, 0.1) is 0 Å². The van der Waals surface area contributed by atoms with Gasteiger partial charge < -0.3 is 8.83 Å². The highest BCUT2D eigenvalue weighted by molar-refractivity contribution is 6.20. The molecule has 0 bridgehead atoms. The molecule has 0 aliphatic carbocycles. The second-order valence-electron chi connectivity index (χ2n) is 17.2. The number of hydrogen-bond acceptors (Lipinski definition) is 2. The molecule has 0 N–H and O–H groups in total. The molecule has 13 aromatic rings. The van der Waals surface area contributed by atoms with E-state index in [0.29, 0.717) is 0 Å². The molecule has 2 heteroatoms. The molecule has 2 aromatic heterocycles. The zero-order valence-electron chi connectivity index (χ0n) is 35.4. The Morgan fingerprint density at radius 2 is 0.600 bits per heavy atom. The molecule has 2 nitrogen and oxygen atoms in total. The Labute approximate surface area is 376 Å². The maximum absolute atomic E-state index is 6.46. The van der Waals surface area contributed by atoms with Gasteiger partial charge in [-0.2, -0.15) is 0 Å². The van der Waals surface area contributed by atoms with Gasteiger partial charge >= 0.3 is 0 Å². The Balaban J connectivity index is 0.862. The van der Waals surface area contributed by atoms with Crippen LogP contribution in [0.15, 0.2) is 245 Å². The summed E-state index contributed by atoms with van der Waals surface area (Å²) in [4.78, 5) is 0. The summed E-state index contributed by atoms with van der Waals surface area (Å²) in [7, 11) is 0. The van der Waals surface area contributed by atoms with E-state index in [1.165, 1.54) is 71.3 Å². The van der Waals surface area contributed by atoms with E-state index < -0.39 is 0 Å². The molecule has 13 rings (SSSR count). The van der Waals surface area contributed by atoms with E-state index >= 15 is 0 Å². The first-order valence-corrected chi connectivity index (χ1v) is 22.3. The lowest BCUT2D eigenvalue weighted by atomic mass is 9.83. The van der Waals surface area contributed by atoms with Crippen molar-refractivity contribution in [1.29, 1.82) is 0 Å². The maximum atomic E-state index is 6.46. The van der Waals surface area contributed by atoms with Crippen molar-refractivity contribution in [3.8, 4) is 44.5 Å². The number of furan rings is 2. The van der Waals surface area contributed by atoms with Crippen molar-refractivity contribution in [2.75, 3.05) is 0 Å². The van der Waals surface area contributed by atoms with Gasteiger partial charge in [0.25, 0.3) is 0 Å². The van der Waals surface area contributed by atoms with Crippen LogP contribution in [0.25, 0.3) is 110 Å². The van der Waals surface area contributed by atoms with E-state index in [2.05, 4.69) is 237 Å². The first-order valence-electron chi connectivity index (χ1n) is 22.3. The van der Waals surface area contributed by atoms with Crippen LogP contribution in [0.3, 0.4) is 0 Å². The smallest absolute Gasteiger partial charge is 0.136 e. The average Bonchev–Trinajstić information content (AvgIpc) is 3.96. The van der Waals surface area contributed by atoms with Gasteiger partial charge in [-0.3, -0.25) is 0 Å². The van der Waals surface area contributed by atoms with Crippen molar-refractivity contribution in [1.82, 2.24) is 0 Å². The highest BCUT2D eigenvalue weighted by Gasteiger charge is 2.19. The molecular weight excluding hydrogens is 789 g/mol. The van der Waals surface area contributed by atoms with Crippen LogP contribution in [0.5, 0.6) is 0 Å². The van der Waals surface area contributed by atoms with Crippen molar-refractivity contribution in [3.05, 3.63) is 253 Å². The molecule has 0 atom stereocenters. The van der Waals surface area contributed by atoms with Crippen molar-refractivity contribution >= 4 is 65.4 Å². The highest BCUT2D eigenvalue weighted by atomic mass is 16.3. The van der Waals surface area contributed by atoms with Crippen LogP contribution in [0.2, 0.25) is 0 Å². The number of hydrogen-bond donors (Lipinski definition) is 0. The van der Waals surface area contributed by atoms with E-state index in [4.69, 9.17) is 8.83 Å². The Bertz CT molecular complexity index is 3710. The second-order valence-corrected chi connectivity index (χ2v) is 17.2. The third-order valence-corrected chi connectivity index (χ3v) is 13.4. The van der Waals surface area contributed by atoms with E-state index in [0.717, 1.165) is 55.4 Å². The molecule has 0 aliphatic heterocycles. The highest BCUT2D eigenvalue weighted by Crippen LogP contribution is 2.41. The topological polar surface area (TPSA) is 26.3 Å². The fourth-order valence-electron chi connectivity index (χ4n) is 10.1. The lowest BCUT2D eigenvalue weighted by Gasteiger charge is -2.20. The summed E-state index contributed by atoms with van der Waals surface area (Å²) in [6.45, 7) is 0. The van der Waals surface area contributed by atoms with Gasteiger partial charge in [-0.1, -0.05) is 194 Å². The van der Waals surface area contributed by atoms with Crippen molar-refractivity contribution < 1.29 is 8.83 Å². The molecule has 0 amide bonds. The molecule has 0 fully saturated rings. The SMILES string of the molecule is c1ccc(-c2cccc(-c3ccc(C(c4ccc(-c5ccc6c(c5)oc5ccc7ccccc7c56)cc4)c4ccc(-c5ccc6c(c5)oc5ccc7ccccc7c56)cc4)cc3)c2)cc1. The van der Waals surface area contributed by atoms with Crippen LogP contribution >= 0.6 is 0 Å². The van der Waals surface area contributed by atoms with Gasteiger partial charge in [-0.05, 0) is 125 Å². The summed E-state index contributed by atoms with van der Waals surface area (Å²) >= 11 is 0. The predicted octanol–water partition coefficient (Wildman–Crippen LogP) is 17.6. The summed E-state index contributed by atoms with van der Waals surface area (Å²) in [5.74, 6) is 0.0140. The summed E-state index contributed by atoms with van der Waals surface area (Å²) < 4.78 is 12.9. The summed E-state index contributed by atoms with van der Waals surface area (Å²) in [5, 5.41) is 9.50. The van der Waals surface area contributed by atoms with Gasteiger partial charge in [0.2, 0.25) is 0 Å². The van der Waals surface area contributed by atoms with Gasteiger partial charge in [-0.15, -0.1) is 0 Å². The fourth-order valence-corrected chi connectivity index (χ4v) is 10.1. The molecule has 0 unspecified atom stereocenters. The van der Waals surface area contributed by atoms with Gasteiger partial charge in [0, 0.05) is 27.5 Å². The Morgan fingerprint density at radius 3 is 1.06 bits per heavy atom. The number of benzene rings is 11.